The number of rotatable bonds is 0. The maximum absolute atomic E-state index is 11.1. The highest BCUT2D eigenvalue weighted by molar-refractivity contribution is 7.95. The van der Waals surface area contributed by atoms with Gasteiger partial charge in [-0.3, -0.25) is 0 Å². The van der Waals surface area contributed by atoms with Crippen molar-refractivity contribution in [2.45, 2.75) is 37.3 Å². The van der Waals surface area contributed by atoms with Crippen LogP contribution >= 0.6 is 0 Å². The molecule has 2 fully saturated rings. The van der Waals surface area contributed by atoms with E-state index in [0.29, 0.717) is 12.8 Å². The van der Waals surface area contributed by atoms with Gasteiger partial charge in [0.25, 0.3) is 5.79 Å². The molecule has 2 rings (SSSR count). The first kappa shape index (κ1) is 13.1. The summed E-state index contributed by atoms with van der Waals surface area (Å²) in [4.78, 5) is 0. The summed E-state index contributed by atoms with van der Waals surface area (Å²) in [7, 11) is -9.80. The lowest BCUT2D eigenvalue weighted by molar-refractivity contribution is -0.350. The molecule has 1 aliphatic carbocycles. The topological polar surface area (TPSA) is 136 Å². The largest absolute Gasteiger partial charge is 0.419 e. The summed E-state index contributed by atoms with van der Waals surface area (Å²) in [6.07, 6.45) is 0.0934. The van der Waals surface area contributed by atoms with Gasteiger partial charge in [-0.15, -0.1) is 3.63 Å². The van der Waals surface area contributed by atoms with Crippen LogP contribution in [-0.2, 0) is 32.8 Å². The molecule has 1 heterocycles. The molecule has 0 aromatic rings. The molecule has 1 aliphatic heterocycles. The molecule has 2 N–H and O–H groups in total. The molecule has 0 unspecified atom stereocenters. The molecule has 17 heavy (non-hydrogen) atoms. The maximum atomic E-state index is 11.1. The Bertz CT molecular complexity index is 482. The average molecular weight is 290 g/mol. The highest BCUT2D eigenvalue weighted by atomic mass is 32.3. The molecular weight excluding hydrogens is 280 g/mol. The van der Waals surface area contributed by atoms with Gasteiger partial charge in [0.15, 0.2) is 0 Å². The summed E-state index contributed by atoms with van der Waals surface area (Å²) in [6.45, 7) is 0. The average Bonchev–Trinajstić information content (AvgIpc) is 2.05. The smallest absolute Gasteiger partial charge is 0.361 e. The Morgan fingerprint density at radius 1 is 0.882 bits per heavy atom. The van der Waals surface area contributed by atoms with Crippen LogP contribution in [0.4, 0.5) is 0 Å². The molecule has 0 amide bonds. The van der Waals surface area contributed by atoms with Crippen LogP contribution in [0.25, 0.3) is 0 Å². The minimum Gasteiger partial charge on any atom is -0.361 e. The van der Waals surface area contributed by atoms with E-state index < -0.39 is 32.4 Å². The number of hydrogen-bond acceptors (Lipinski definition) is 9. The van der Waals surface area contributed by atoms with Crippen molar-refractivity contribution >= 4 is 20.8 Å². The van der Waals surface area contributed by atoms with E-state index in [1.165, 1.54) is 0 Å². The zero-order valence-electron chi connectivity index (χ0n) is 8.40. The SMILES string of the molecule is O=S1(=O)OC2(CCCCC2(O)O)OS(=O)(=O)O1. The molecule has 100 valence electrons. The lowest BCUT2D eigenvalue weighted by Gasteiger charge is -2.44. The van der Waals surface area contributed by atoms with Gasteiger partial charge in [-0.05, 0) is 12.8 Å². The maximum Gasteiger partial charge on any atom is 0.419 e. The van der Waals surface area contributed by atoms with Crippen LogP contribution in [0, 0.1) is 0 Å². The van der Waals surface area contributed by atoms with Crippen molar-refractivity contribution in [2.24, 2.45) is 0 Å². The first-order chi connectivity index (χ1) is 7.58. The Morgan fingerprint density at radius 3 is 1.82 bits per heavy atom. The summed E-state index contributed by atoms with van der Waals surface area (Å²) in [5.41, 5.74) is 0. The Balaban J connectivity index is 2.49. The minimum absolute atomic E-state index is 0.280. The summed E-state index contributed by atoms with van der Waals surface area (Å²) < 4.78 is 56.6. The number of hydrogen-bond donors (Lipinski definition) is 2. The van der Waals surface area contributed by atoms with Crippen molar-refractivity contribution in [2.75, 3.05) is 0 Å². The fourth-order valence-electron chi connectivity index (χ4n) is 1.81. The molecule has 0 aromatic carbocycles. The van der Waals surface area contributed by atoms with Gasteiger partial charge in [-0.2, -0.15) is 16.8 Å². The molecule has 0 radical (unpaired) electrons. The third kappa shape index (κ3) is 2.31. The molecule has 0 bridgehead atoms. The second-order valence-electron chi connectivity index (χ2n) is 3.83. The van der Waals surface area contributed by atoms with Gasteiger partial charge in [0.1, 0.15) is 0 Å². The molecule has 0 atom stereocenters. The Morgan fingerprint density at radius 2 is 1.35 bits per heavy atom. The molecule has 1 saturated heterocycles. The van der Waals surface area contributed by atoms with Gasteiger partial charge in [0.05, 0.1) is 0 Å². The van der Waals surface area contributed by atoms with Crippen molar-refractivity contribution in [1.82, 2.24) is 0 Å². The normalized spacial score (nSPS) is 33.3. The van der Waals surface area contributed by atoms with E-state index >= 15 is 0 Å². The summed E-state index contributed by atoms with van der Waals surface area (Å²) in [5.74, 6) is -5.30. The summed E-state index contributed by atoms with van der Waals surface area (Å²) >= 11 is 0. The third-order valence-electron chi connectivity index (χ3n) is 2.53. The van der Waals surface area contributed by atoms with Crippen molar-refractivity contribution in [1.29, 1.82) is 0 Å². The van der Waals surface area contributed by atoms with Crippen LogP contribution in [-0.4, -0.2) is 38.6 Å². The molecule has 1 saturated carbocycles. The fourth-order valence-corrected chi connectivity index (χ4v) is 4.05. The van der Waals surface area contributed by atoms with E-state index in [1.807, 2.05) is 0 Å². The lowest BCUT2D eigenvalue weighted by atomic mass is 9.88. The monoisotopic (exact) mass is 290 g/mol. The van der Waals surface area contributed by atoms with E-state index in [4.69, 9.17) is 0 Å². The summed E-state index contributed by atoms with van der Waals surface area (Å²) in [6, 6.07) is 0. The van der Waals surface area contributed by atoms with Crippen LogP contribution in [0.15, 0.2) is 0 Å². The molecule has 0 aromatic heterocycles. The van der Waals surface area contributed by atoms with Crippen LogP contribution < -0.4 is 0 Å². The first-order valence-corrected chi connectivity index (χ1v) is 7.31. The molecule has 1 spiro atoms. The van der Waals surface area contributed by atoms with E-state index in [1.54, 1.807) is 0 Å². The van der Waals surface area contributed by atoms with Crippen LogP contribution in [0.1, 0.15) is 25.7 Å². The standard InChI is InChI=1S/C6H10O9S2/c7-5(8)3-1-2-4-6(5)13-16(9,10)15-17(11,12)14-6/h7-8H,1-4H2. The Labute approximate surface area is 97.6 Å². The van der Waals surface area contributed by atoms with Gasteiger partial charge >= 0.3 is 20.8 Å². The van der Waals surface area contributed by atoms with Crippen molar-refractivity contribution in [3.8, 4) is 0 Å². The predicted octanol–water partition coefficient (Wildman–Crippen LogP) is -1.51. The van der Waals surface area contributed by atoms with Gasteiger partial charge in [0, 0.05) is 12.8 Å². The van der Waals surface area contributed by atoms with Crippen molar-refractivity contribution < 1.29 is 39.0 Å². The highest BCUT2D eigenvalue weighted by Crippen LogP contribution is 2.44. The van der Waals surface area contributed by atoms with Crippen molar-refractivity contribution in [3.63, 3.8) is 0 Å². The molecular formula is C6H10O9S2. The van der Waals surface area contributed by atoms with Gasteiger partial charge in [-0.25, -0.2) is 8.37 Å². The quantitative estimate of drug-likeness (QED) is 0.510. The third-order valence-corrected chi connectivity index (χ3v) is 4.81. The van der Waals surface area contributed by atoms with Crippen LogP contribution in [0.5, 0.6) is 0 Å². The summed E-state index contributed by atoms with van der Waals surface area (Å²) in [5, 5.41) is 19.3. The van der Waals surface area contributed by atoms with Crippen molar-refractivity contribution in [3.05, 3.63) is 0 Å². The zero-order chi connectivity index (χ0) is 12.9. The first-order valence-electron chi connectivity index (χ1n) is 4.65. The second kappa shape index (κ2) is 3.60. The van der Waals surface area contributed by atoms with Gasteiger partial charge in [0.2, 0.25) is 5.79 Å². The van der Waals surface area contributed by atoms with Crippen LogP contribution in [0.2, 0.25) is 0 Å². The Kier molecular flexibility index (Phi) is 2.78. The van der Waals surface area contributed by atoms with E-state index in [2.05, 4.69) is 12.0 Å². The highest BCUT2D eigenvalue weighted by Gasteiger charge is 2.63. The van der Waals surface area contributed by atoms with E-state index in [0.717, 1.165) is 0 Å². The molecule has 11 heteroatoms. The van der Waals surface area contributed by atoms with E-state index in [-0.39, 0.29) is 12.8 Å². The lowest BCUT2D eigenvalue weighted by Crippen LogP contribution is -2.63. The van der Waals surface area contributed by atoms with Gasteiger partial charge < -0.3 is 10.2 Å². The minimum atomic E-state index is -4.90. The molecule has 9 nitrogen and oxygen atoms in total. The van der Waals surface area contributed by atoms with Crippen LogP contribution in [0.3, 0.4) is 0 Å². The van der Waals surface area contributed by atoms with Gasteiger partial charge in [-0.1, -0.05) is 0 Å². The predicted molar refractivity (Wildman–Crippen MR) is 49.5 cm³/mol. The number of aliphatic hydroxyl groups is 2. The molecule has 2 aliphatic rings. The fraction of sp³-hybridized carbons (Fsp3) is 1.00. The zero-order valence-corrected chi connectivity index (χ0v) is 10.0. The van der Waals surface area contributed by atoms with E-state index in [9.17, 15) is 27.0 Å². The second-order valence-corrected chi connectivity index (χ2v) is 6.34. The Hall–Kier alpha value is -0.300.